The van der Waals surface area contributed by atoms with E-state index in [4.69, 9.17) is 11.6 Å². The zero-order valence-electron chi connectivity index (χ0n) is 12.2. The fourth-order valence-corrected chi connectivity index (χ4v) is 3.48. The first-order valence-electron chi connectivity index (χ1n) is 7.10. The standard InChI is InChI=1S/C16H11BrClFN2O3/c17-10-7-14(15(21(23)24)8-12(10)19)20-13(5-6-16(20)22)9-3-1-2-4-11(9)18/h1-4,7-8,13H,5-6H2. The molecule has 0 aromatic heterocycles. The number of rotatable bonds is 3. The van der Waals surface area contributed by atoms with E-state index < -0.39 is 22.5 Å². The Balaban J connectivity index is 2.16. The molecule has 3 rings (SSSR count). The summed E-state index contributed by atoms with van der Waals surface area (Å²) >= 11 is 9.25. The molecule has 0 aliphatic carbocycles. The number of carbonyl (C=O) groups excluding carboxylic acids is 1. The zero-order valence-corrected chi connectivity index (χ0v) is 14.6. The molecule has 24 heavy (non-hydrogen) atoms. The number of nitro groups is 1. The van der Waals surface area contributed by atoms with Gasteiger partial charge >= 0.3 is 0 Å². The van der Waals surface area contributed by atoms with E-state index in [-0.39, 0.29) is 22.5 Å². The maximum atomic E-state index is 13.7. The van der Waals surface area contributed by atoms with Crippen LogP contribution in [-0.2, 0) is 4.79 Å². The molecule has 0 N–H and O–H groups in total. The van der Waals surface area contributed by atoms with Gasteiger partial charge in [-0.3, -0.25) is 19.8 Å². The lowest BCUT2D eigenvalue weighted by molar-refractivity contribution is -0.384. The van der Waals surface area contributed by atoms with E-state index in [0.29, 0.717) is 17.0 Å². The number of amides is 1. The summed E-state index contributed by atoms with van der Waals surface area (Å²) in [5, 5.41) is 11.8. The van der Waals surface area contributed by atoms with Crippen LogP contribution in [0.15, 0.2) is 40.9 Å². The Morgan fingerprint density at radius 3 is 2.71 bits per heavy atom. The van der Waals surface area contributed by atoms with Crippen molar-refractivity contribution in [3.8, 4) is 0 Å². The van der Waals surface area contributed by atoms with Crippen molar-refractivity contribution in [2.45, 2.75) is 18.9 Å². The van der Waals surface area contributed by atoms with Gasteiger partial charge in [0.2, 0.25) is 5.91 Å². The van der Waals surface area contributed by atoms with Gasteiger partial charge in [0.25, 0.3) is 5.69 Å². The normalized spacial score (nSPS) is 17.4. The molecule has 0 bridgehead atoms. The Kier molecular flexibility index (Phi) is 4.56. The quantitative estimate of drug-likeness (QED) is 0.524. The van der Waals surface area contributed by atoms with Crippen LogP contribution in [0.4, 0.5) is 15.8 Å². The molecule has 124 valence electrons. The minimum absolute atomic E-state index is 0.0562. The zero-order chi connectivity index (χ0) is 17.4. The second kappa shape index (κ2) is 6.49. The van der Waals surface area contributed by atoms with Gasteiger partial charge in [0, 0.05) is 11.4 Å². The molecule has 2 aromatic carbocycles. The third-order valence-electron chi connectivity index (χ3n) is 3.95. The Morgan fingerprint density at radius 1 is 1.33 bits per heavy atom. The number of nitro benzene ring substituents is 1. The van der Waals surface area contributed by atoms with Crippen LogP contribution in [0, 0.1) is 15.9 Å². The molecule has 0 radical (unpaired) electrons. The van der Waals surface area contributed by atoms with Crippen molar-refractivity contribution in [3.63, 3.8) is 0 Å². The second-order valence-electron chi connectivity index (χ2n) is 5.35. The fourth-order valence-electron chi connectivity index (χ4n) is 2.89. The minimum atomic E-state index is -0.758. The van der Waals surface area contributed by atoms with Crippen molar-refractivity contribution >= 4 is 44.8 Å². The number of carbonyl (C=O) groups is 1. The van der Waals surface area contributed by atoms with Crippen molar-refractivity contribution in [3.05, 3.63) is 67.4 Å². The lowest BCUT2D eigenvalue weighted by Crippen LogP contribution is -2.28. The summed E-state index contributed by atoms with van der Waals surface area (Å²) < 4.78 is 13.8. The molecule has 8 heteroatoms. The van der Waals surface area contributed by atoms with Gasteiger partial charge in [-0.25, -0.2) is 4.39 Å². The highest BCUT2D eigenvalue weighted by atomic mass is 79.9. The van der Waals surface area contributed by atoms with Gasteiger partial charge in [-0.2, -0.15) is 0 Å². The summed E-state index contributed by atoms with van der Waals surface area (Å²) in [6, 6.07) is 8.69. The lowest BCUT2D eigenvalue weighted by atomic mass is 10.0. The van der Waals surface area contributed by atoms with Gasteiger partial charge in [-0.1, -0.05) is 29.8 Å². The van der Waals surface area contributed by atoms with Crippen LogP contribution in [0.25, 0.3) is 0 Å². The molecule has 1 fully saturated rings. The van der Waals surface area contributed by atoms with E-state index in [2.05, 4.69) is 15.9 Å². The highest BCUT2D eigenvalue weighted by molar-refractivity contribution is 9.10. The van der Waals surface area contributed by atoms with Gasteiger partial charge < -0.3 is 0 Å². The second-order valence-corrected chi connectivity index (χ2v) is 6.61. The smallest absolute Gasteiger partial charge is 0.295 e. The number of benzene rings is 2. The first-order valence-corrected chi connectivity index (χ1v) is 8.27. The molecule has 1 heterocycles. The average Bonchev–Trinajstić information content (AvgIpc) is 2.91. The molecule has 2 aromatic rings. The van der Waals surface area contributed by atoms with Crippen LogP contribution in [0.1, 0.15) is 24.4 Å². The molecular weight excluding hydrogens is 403 g/mol. The van der Waals surface area contributed by atoms with Gasteiger partial charge in [0.05, 0.1) is 21.5 Å². The van der Waals surface area contributed by atoms with Crippen molar-refractivity contribution in [2.75, 3.05) is 4.90 Å². The van der Waals surface area contributed by atoms with Crippen molar-refractivity contribution < 1.29 is 14.1 Å². The number of halogens is 3. The Morgan fingerprint density at radius 2 is 2.04 bits per heavy atom. The van der Waals surface area contributed by atoms with Crippen LogP contribution >= 0.6 is 27.5 Å². The molecule has 1 aliphatic heterocycles. The van der Waals surface area contributed by atoms with Crippen molar-refractivity contribution in [2.24, 2.45) is 0 Å². The van der Waals surface area contributed by atoms with Gasteiger partial charge in [-0.15, -0.1) is 0 Å². The molecule has 1 aliphatic rings. The highest BCUT2D eigenvalue weighted by Crippen LogP contribution is 2.44. The maximum Gasteiger partial charge on any atom is 0.295 e. The Hall–Kier alpha value is -1.99. The first kappa shape index (κ1) is 16.9. The predicted octanol–water partition coefficient (Wildman–Crippen LogP) is 5.02. The molecule has 1 amide bonds. The SMILES string of the molecule is O=C1CCC(c2ccccc2Cl)N1c1cc(Br)c(F)cc1[N+](=O)[O-]. The summed E-state index contributed by atoms with van der Waals surface area (Å²) in [6.45, 7) is 0. The molecule has 1 unspecified atom stereocenters. The summed E-state index contributed by atoms with van der Waals surface area (Å²) in [5.74, 6) is -1.02. The minimum Gasteiger partial charge on any atom is -0.299 e. The van der Waals surface area contributed by atoms with Gasteiger partial charge in [0.15, 0.2) is 0 Å². The molecular formula is C16H11BrClFN2O3. The lowest BCUT2D eigenvalue weighted by Gasteiger charge is -2.26. The van der Waals surface area contributed by atoms with Gasteiger partial charge in [0.1, 0.15) is 11.5 Å². The van der Waals surface area contributed by atoms with Crippen LogP contribution in [-0.4, -0.2) is 10.8 Å². The fraction of sp³-hybridized carbons (Fsp3) is 0.188. The number of hydrogen-bond acceptors (Lipinski definition) is 3. The van der Waals surface area contributed by atoms with Crippen LogP contribution in [0.5, 0.6) is 0 Å². The average molecular weight is 414 g/mol. The van der Waals surface area contributed by atoms with E-state index >= 15 is 0 Å². The van der Waals surface area contributed by atoms with E-state index in [9.17, 15) is 19.3 Å². The van der Waals surface area contributed by atoms with Gasteiger partial charge in [-0.05, 0) is 40.0 Å². The number of hydrogen-bond donors (Lipinski definition) is 0. The largest absolute Gasteiger partial charge is 0.299 e. The maximum absolute atomic E-state index is 13.7. The third-order valence-corrected chi connectivity index (χ3v) is 4.90. The Labute approximate surface area is 150 Å². The molecule has 0 saturated carbocycles. The Bertz CT molecular complexity index is 846. The topological polar surface area (TPSA) is 63.5 Å². The van der Waals surface area contributed by atoms with E-state index in [1.165, 1.54) is 11.0 Å². The molecule has 1 atom stereocenters. The number of nitrogens with zero attached hydrogens (tertiary/aromatic N) is 2. The van der Waals surface area contributed by atoms with Crippen molar-refractivity contribution in [1.29, 1.82) is 0 Å². The third kappa shape index (κ3) is 2.89. The van der Waals surface area contributed by atoms with Crippen LogP contribution < -0.4 is 4.90 Å². The highest BCUT2D eigenvalue weighted by Gasteiger charge is 2.38. The first-order chi connectivity index (χ1) is 11.4. The molecule has 0 spiro atoms. The predicted molar refractivity (Wildman–Crippen MR) is 91.7 cm³/mol. The van der Waals surface area contributed by atoms with E-state index in [1.54, 1.807) is 24.3 Å². The van der Waals surface area contributed by atoms with E-state index in [0.717, 1.165) is 6.07 Å². The summed E-state index contributed by atoms with van der Waals surface area (Å²) in [6.07, 6.45) is 0.719. The van der Waals surface area contributed by atoms with Crippen LogP contribution in [0.2, 0.25) is 5.02 Å². The summed E-state index contributed by atoms with van der Waals surface area (Å²) in [4.78, 5) is 24.4. The summed E-state index contributed by atoms with van der Waals surface area (Å²) in [5.41, 5.74) is 0.309. The van der Waals surface area contributed by atoms with E-state index in [1.807, 2.05) is 0 Å². The molecule has 5 nitrogen and oxygen atoms in total. The molecule has 1 saturated heterocycles. The number of anilines is 1. The summed E-state index contributed by atoms with van der Waals surface area (Å²) in [7, 11) is 0. The monoisotopic (exact) mass is 412 g/mol. The van der Waals surface area contributed by atoms with Crippen LogP contribution in [0.3, 0.4) is 0 Å². The van der Waals surface area contributed by atoms with Crippen molar-refractivity contribution in [1.82, 2.24) is 0 Å².